The summed E-state index contributed by atoms with van der Waals surface area (Å²) in [6.45, 7) is 0. The average molecular weight is 191 g/mol. The molecule has 0 radical (unpaired) electrons. The van der Waals surface area contributed by atoms with Crippen LogP contribution in [0.2, 0.25) is 0 Å². The molecule has 0 saturated carbocycles. The second-order valence-electron chi connectivity index (χ2n) is 1.86. The quantitative estimate of drug-likeness (QED) is 0.519. The van der Waals surface area contributed by atoms with Gasteiger partial charge < -0.3 is 4.55 Å². The Morgan fingerprint density at radius 2 is 2.00 bits per heavy atom. The van der Waals surface area contributed by atoms with Crippen LogP contribution in [0, 0.1) is 11.3 Å². The molecule has 1 N–H and O–H groups in total. The maximum atomic E-state index is 10.5. The summed E-state index contributed by atoms with van der Waals surface area (Å²) in [6, 6.07) is 8.04. The molecule has 1 aromatic rings. The Balaban J connectivity index is 0.00000121. The van der Waals surface area contributed by atoms with Crippen molar-refractivity contribution in [3.05, 3.63) is 29.8 Å². The molecule has 0 aliphatic carbocycles. The molecule has 0 saturated heterocycles. The first-order valence-corrected chi connectivity index (χ1v) is 3.96. The molecule has 0 spiro atoms. The van der Waals surface area contributed by atoms with Gasteiger partial charge in [-0.1, -0.05) is 12.1 Å². The van der Waals surface area contributed by atoms with Crippen LogP contribution in [0.1, 0.15) is 5.56 Å². The fraction of sp³-hybridized carbons (Fsp3) is 0. The van der Waals surface area contributed by atoms with E-state index >= 15 is 0 Å². The van der Waals surface area contributed by atoms with Gasteiger partial charge in [0, 0.05) is 0 Å². The number of nitriles is 1. The summed E-state index contributed by atoms with van der Waals surface area (Å²) in [6.07, 6.45) is 0. The molecule has 3 nitrogen and oxygen atoms in total. The molecule has 1 unspecified atom stereocenters. The predicted molar refractivity (Wildman–Crippen MR) is 47.3 cm³/mol. The summed E-state index contributed by atoms with van der Waals surface area (Å²) < 4.78 is 19.2. The second kappa shape index (κ2) is 5.46. The first kappa shape index (κ1) is 11.8. The van der Waals surface area contributed by atoms with Gasteiger partial charge in [0.2, 0.25) is 0 Å². The normalized spacial score (nSPS) is 11.0. The van der Waals surface area contributed by atoms with Gasteiger partial charge in [-0.15, -0.1) is 0 Å². The third-order valence-electron chi connectivity index (χ3n) is 1.20. The molecule has 0 bridgehead atoms. The van der Waals surface area contributed by atoms with Crippen LogP contribution in [0.25, 0.3) is 0 Å². The fourth-order valence-corrected chi connectivity index (χ4v) is 1.21. The zero-order valence-corrected chi connectivity index (χ0v) is 6.34. The second-order valence-corrected chi connectivity index (χ2v) is 2.80. The minimum atomic E-state index is -2.06. The van der Waals surface area contributed by atoms with Gasteiger partial charge >= 0.3 is 29.6 Å². The molecule has 0 aliphatic heterocycles. The molecule has 1 atom stereocenters. The maximum absolute atomic E-state index is 10.5. The van der Waals surface area contributed by atoms with Crippen molar-refractivity contribution in [1.82, 2.24) is 0 Å². The Labute approximate surface area is 95.0 Å². The van der Waals surface area contributed by atoms with Gasteiger partial charge in [-0.3, -0.25) is 0 Å². The van der Waals surface area contributed by atoms with Crippen molar-refractivity contribution in [1.29, 1.82) is 5.26 Å². The topological polar surface area (TPSA) is 61.1 Å². The van der Waals surface area contributed by atoms with Crippen LogP contribution in [0.5, 0.6) is 0 Å². The van der Waals surface area contributed by atoms with Crippen molar-refractivity contribution >= 4 is 40.6 Å². The van der Waals surface area contributed by atoms with Crippen LogP contribution in [0.15, 0.2) is 29.2 Å². The molecule has 5 heteroatoms. The molecule has 0 aromatic heterocycles. The SMILES string of the molecule is N#Cc1ccccc1S(=O)O.[NaH]. The van der Waals surface area contributed by atoms with Crippen molar-refractivity contribution in [3.63, 3.8) is 0 Å². The summed E-state index contributed by atoms with van der Waals surface area (Å²) in [5, 5.41) is 8.47. The van der Waals surface area contributed by atoms with E-state index in [-0.39, 0.29) is 40.0 Å². The monoisotopic (exact) mass is 191 g/mol. The molecule has 0 heterocycles. The van der Waals surface area contributed by atoms with Crippen molar-refractivity contribution in [2.24, 2.45) is 0 Å². The predicted octanol–water partition coefficient (Wildman–Crippen LogP) is 0.490. The van der Waals surface area contributed by atoms with Crippen LogP contribution in [-0.2, 0) is 11.1 Å². The van der Waals surface area contributed by atoms with E-state index in [1.54, 1.807) is 12.1 Å². The molecule has 1 aromatic carbocycles. The van der Waals surface area contributed by atoms with E-state index in [1.807, 2.05) is 6.07 Å². The van der Waals surface area contributed by atoms with Gasteiger partial charge in [0.25, 0.3) is 0 Å². The zero-order valence-electron chi connectivity index (χ0n) is 5.52. The van der Waals surface area contributed by atoms with Crippen LogP contribution < -0.4 is 0 Å². The molecule has 0 fully saturated rings. The summed E-state index contributed by atoms with van der Waals surface area (Å²) >= 11 is -2.06. The van der Waals surface area contributed by atoms with E-state index < -0.39 is 11.1 Å². The first-order valence-electron chi connectivity index (χ1n) is 2.85. The molecule has 1 rings (SSSR count). The zero-order chi connectivity index (χ0) is 8.27. The van der Waals surface area contributed by atoms with E-state index in [2.05, 4.69) is 0 Å². The number of benzene rings is 1. The van der Waals surface area contributed by atoms with Gasteiger partial charge in [0.05, 0.1) is 10.5 Å². The molecule has 58 valence electrons. The first-order chi connectivity index (χ1) is 5.25. The number of nitrogens with zero attached hydrogens (tertiary/aromatic N) is 1. The number of rotatable bonds is 1. The van der Waals surface area contributed by atoms with Crippen molar-refractivity contribution in [2.75, 3.05) is 0 Å². The molecule has 0 amide bonds. The van der Waals surface area contributed by atoms with E-state index in [4.69, 9.17) is 9.81 Å². The Morgan fingerprint density at radius 1 is 1.42 bits per heavy atom. The third kappa shape index (κ3) is 2.70. The third-order valence-corrected chi connectivity index (χ3v) is 1.93. The Hall–Kier alpha value is -0.180. The summed E-state index contributed by atoms with van der Waals surface area (Å²) in [4.78, 5) is 0.162. The van der Waals surface area contributed by atoms with Gasteiger partial charge in [-0.05, 0) is 12.1 Å². The number of hydrogen-bond acceptors (Lipinski definition) is 2. The molecular formula is C7H6NNaO2S. The van der Waals surface area contributed by atoms with Crippen LogP contribution in [0.4, 0.5) is 0 Å². The van der Waals surface area contributed by atoms with E-state index in [0.717, 1.165) is 0 Å². The van der Waals surface area contributed by atoms with Gasteiger partial charge in [-0.25, -0.2) is 4.21 Å². The van der Waals surface area contributed by atoms with E-state index in [1.165, 1.54) is 12.1 Å². The fourth-order valence-electron chi connectivity index (χ4n) is 0.711. The van der Waals surface area contributed by atoms with Crippen molar-refractivity contribution in [3.8, 4) is 6.07 Å². The standard InChI is InChI=1S/C7H5NO2S.Na.H/c8-5-6-3-1-2-4-7(6)11(9)10;;/h1-4H,(H,9,10);;. The summed E-state index contributed by atoms with van der Waals surface area (Å²) in [7, 11) is 0. The van der Waals surface area contributed by atoms with Crippen LogP contribution in [-0.4, -0.2) is 38.3 Å². The van der Waals surface area contributed by atoms with Crippen LogP contribution >= 0.6 is 0 Å². The van der Waals surface area contributed by atoms with Crippen molar-refractivity contribution < 1.29 is 8.76 Å². The molecule has 12 heavy (non-hydrogen) atoms. The Morgan fingerprint density at radius 3 is 2.42 bits per heavy atom. The molecular weight excluding hydrogens is 185 g/mol. The molecule has 0 aliphatic rings. The Kier molecular flexibility index (Phi) is 5.38. The van der Waals surface area contributed by atoms with Crippen molar-refractivity contribution in [2.45, 2.75) is 4.90 Å². The van der Waals surface area contributed by atoms with E-state index in [9.17, 15) is 4.21 Å². The summed E-state index contributed by atoms with van der Waals surface area (Å²) in [5.41, 5.74) is 0.244. The summed E-state index contributed by atoms with van der Waals surface area (Å²) in [5.74, 6) is 0. The van der Waals surface area contributed by atoms with Gasteiger partial charge in [0.15, 0.2) is 11.1 Å². The van der Waals surface area contributed by atoms with Crippen LogP contribution in [0.3, 0.4) is 0 Å². The minimum absolute atomic E-state index is 0. The average Bonchev–Trinajstić information content (AvgIpc) is 2.04. The van der Waals surface area contributed by atoms with Gasteiger partial charge in [0.1, 0.15) is 6.07 Å². The van der Waals surface area contributed by atoms with Gasteiger partial charge in [-0.2, -0.15) is 5.26 Å². The van der Waals surface area contributed by atoms with E-state index in [0.29, 0.717) is 0 Å². The number of hydrogen-bond donors (Lipinski definition) is 1. The Bertz CT molecular complexity index is 334.